The van der Waals surface area contributed by atoms with Crippen LogP contribution >= 0.6 is 0 Å². The van der Waals surface area contributed by atoms with Gasteiger partial charge in [-0.25, -0.2) is 8.78 Å². The van der Waals surface area contributed by atoms with Crippen molar-refractivity contribution in [3.05, 3.63) is 48.0 Å². The van der Waals surface area contributed by atoms with E-state index in [1.165, 1.54) is 24.3 Å². The smallest absolute Gasteiger partial charge is 0.167 e. The maximum Gasteiger partial charge on any atom is 0.167 e. The third kappa shape index (κ3) is 2.26. The fourth-order valence-electron chi connectivity index (χ4n) is 4.02. The van der Waals surface area contributed by atoms with Crippen molar-refractivity contribution in [1.29, 1.82) is 0 Å². The molecule has 5 N–H and O–H groups in total. The highest BCUT2D eigenvalue weighted by atomic mass is 19.1. The summed E-state index contributed by atoms with van der Waals surface area (Å²) in [7, 11) is 1.58. The highest BCUT2D eigenvalue weighted by molar-refractivity contribution is 6.29. The molecule has 142 valence electrons. The number of fused-ring (bicyclic) bond motifs is 6. The number of benzene rings is 3. The molecule has 0 saturated carbocycles. The van der Waals surface area contributed by atoms with E-state index >= 15 is 0 Å². The van der Waals surface area contributed by atoms with Gasteiger partial charge in [-0.3, -0.25) is 0 Å². The molecule has 0 aliphatic carbocycles. The number of H-pyrrole nitrogens is 2. The summed E-state index contributed by atoms with van der Waals surface area (Å²) in [4.78, 5) is 6.66. The standard InChI is InChI=1S/C21H18F2N4O/c1-28-21-19-16(12-8-10(22)2-4-14(12)26-19)18(25-7-6-24)17-13-9-11(23)3-5-15(13)27-20(17)21/h2-5,8-9,25-27H,6-7,24H2,1H3. The third-order valence-electron chi connectivity index (χ3n) is 5.13. The van der Waals surface area contributed by atoms with Gasteiger partial charge in [0.2, 0.25) is 0 Å². The van der Waals surface area contributed by atoms with E-state index in [2.05, 4.69) is 15.3 Å². The molecule has 5 rings (SSSR count). The van der Waals surface area contributed by atoms with Crippen molar-refractivity contribution in [3.63, 3.8) is 0 Å². The summed E-state index contributed by atoms with van der Waals surface area (Å²) < 4.78 is 33.8. The highest BCUT2D eigenvalue weighted by Gasteiger charge is 2.22. The number of nitrogens with one attached hydrogen (secondary N) is 3. The van der Waals surface area contributed by atoms with Crippen molar-refractivity contribution in [3.8, 4) is 5.75 Å². The second-order valence-electron chi connectivity index (χ2n) is 6.75. The molecule has 2 heterocycles. The van der Waals surface area contributed by atoms with E-state index in [0.29, 0.717) is 18.8 Å². The topological polar surface area (TPSA) is 78.9 Å². The monoisotopic (exact) mass is 380 g/mol. The van der Waals surface area contributed by atoms with Crippen LogP contribution in [-0.2, 0) is 0 Å². The number of nitrogens with two attached hydrogens (primary N) is 1. The summed E-state index contributed by atoms with van der Waals surface area (Å²) in [6.45, 7) is 0.933. The quantitative estimate of drug-likeness (QED) is 0.368. The molecule has 0 bridgehead atoms. The van der Waals surface area contributed by atoms with Crippen LogP contribution in [0.4, 0.5) is 14.5 Å². The normalized spacial score (nSPS) is 11.9. The van der Waals surface area contributed by atoms with Crippen molar-refractivity contribution in [2.24, 2.45) is 5.73 Å². The van der Waals surface area contributed by atoms with Gasteiger partial charge >= 0.3 is 0 Å². The van der Waals surface area contributed by atoms with Gasteiger partial charge in [0.1, 0.15) is 11.6 Å². The van der Waals surface area contributed by atoms with Gasteiger partial charge in [-0.05, 0) is 36.4 Å². The molecule has 0 aliphatic heterocycles. The van der Waals surface area contributed by atoms with E-state index in [1.807, 2.05) is 0 Å². The van der Waals surface area contributed by atoms with Crippen LogP contribution in [0.3, 0.4) is 0 Å². The van der Waals surface area contributed by atoms with E-state index in [-0.39, 0.29) is 11.6 Å². The lowest BCUT2D eigenvalue weighted by Gasteiger charge is -2.13. The number of anilines is 1. The number of hydrogen-bond acceptors (Lipinski definition) is 3. The number of methoxy groups -OCH3 is 1. The molecule has 0 saturated heterocycles. The predicted octanol–water partition coefficient (Wildman–Crippen LogP) is 4.61. The molecule has 2 aromatic heterocycles. The maximum atomic E-state index is 14.0. The molecular weight excluding hydrogens is 362 g/mol. The number of halogens is 2. The summed E-state index contributed by atoms with van der Waals surface area (Å²) in [5.41, 5.74) is 9.54. The van der Waals surface area contributed by atoms with Gasteiger partial charge in [0.05, 0.1) is 23.8 Å². The fraction of sp³-hybridized carbons (Fsp3) is 0.143. The lowest BCUT2D eigenvalue weighted by molar-refractivity contribution is 0.423. The first-order chi connectivity index (χ1) is 13.6. The Morgan fingerprint density at radius 2 is 1.46 bits per heavy atom. The molecule has 0 aliphatic rings. The minimum atomic E-state index is -0.331. The fourth-order valence-corrected chi connectivity index (χ4v) is 4.02. The van der Waals surface area contributed by atoms with E-state index < -0.39 is 0 Å². The Balaban J connectivity index is 2.06. The molecular formula is C21H18F2N4O. The van der Waals surface area contributed by atoms with Gasteiger partial charge in [-0.2, -0.15) is 0 Å². The molecule has 0 unspecified atom stereocenters. The maximum absolute atomic E-state index is 14.0. The number of aromatic nitrogens is 2. The van der Waals surface area contributed by atoms with Crippen molar-refractivity contribution in [2.75, 3.05) is 25.5 Å². The summed E-state index contributed by atoms with van der Waals surface area (Å²) in [6.07, 6.45) is 0. The number of hydrogen-bond donors (Lipinski definition) is 4. The van der Waals surface area contributed by atoms with Crippen LogP contribution in [0, 0.1) is 11.6 Å². The van der Waals surface area contributed by atoms with E-state index in [9.17, 15) is 8.78 Å². The minimum absolute atomic E-state index is 0.331. The van der Waals surface area contributed by atoms with E-state index in [1.54, 1.807) is 19.2 Å². The van der Waals surface area contributed by atoms with Gasteiger partial charge in [0.15, 0.2) is 5.75 Å². The summed E-state index contributed by atoms with van der Waals surface area (Å²) in [5, 5.41) is 6.39. The average molecular weight is 380 g/mol. The van der Waals surface area contributed by atoms with Crippen LogP contribution in [0.25, 0.3) is 43.6 Å². The summed E-state index contributed by atoms with van der Waals surface area (Å²) >= 11 is 0. The zero-order chi connectivity index (χ0) is 19.4. The van der Waals surface area contributed by atoms with Crippen LogP contribution in [-0.4, -0.2) is 30.2 Å². The lowest BCUT2D eigenvalue weighted by atomic mass is 10.0. The van der Waals surface area contributed by atoms with Crippen molar-refractivity contribution >= 4 is 49.3 Å². The predicted molar refractivity (Wildman–Crippen MR) is 109 cm³/mol. The van der Waals surface area contributed by atoms with Gasteiger partial charge in [0.25, 0.3) is 0 Å². The highest BCUT2D eigenvalue weighted by Crippen LogP contribution is 2.46. The van der Waals surface area contributed by atoms with E-state index in [4.69, 9.17) is 10.5 Å². The molecule has 0 fully saturated rings. The Hall–Kier alpha value is -3.32. The Bertz CT molecular complexity index is 1270. The second kappa shape index (κ2) is 6.10. The number of aromatic amines is 2. The number of ether oxygens (including phenoxy) is 1. The van der Waals surface area contributed by atoms with Crippen molar-refractivity contribution in [2.45, 2.75) is 0 Å². The first-order valence-corrected chi connectivity index (χ1v) is 8.98. The summed E-state index contributed by atoms with van der Waals surface area (Å²) in [6, 6.07) is 9.19. The van der Waals surface area contributed by atoms with Crippen LogP contribution in [0.1, 0.15) is 0 Å². The zero-order valence-electron chi connectivity index (χ0n) is 15.1. The zero-order valence-corrected chi connectivity index (χ0v) is 15.1. The Morgan fingerprint density at radius 3 is 1.93 bits per heavy atom. The SMILES string of the molecule is COc1c2[nH]c3ccc(F)cc3c2c(NCCN)c2c1[nH]c1ccc(F)cc12. The number of rotatable bonds is 4. The Morgan fingerprint density at radius 1 is 0.929 bits per heavy atom. The molecule has 5 nitrogen and oxygen atoms in total. The van der Waals surface area contributed by atoms with Crippen LogP contribution in [0.15, 0.2) is 36.4 Å². The first-order valence-electron chi connectivity index (χ1n) is 8.98. The molecule has 0 amide bonds. The van der Waals surface area contributed by atoms with Crippen molar-refractivity contribution in [1.82, 2.24) is 9.97 Å². The molecule has 0 radical (unpaired) electrons. The molecule has 7 heteroatoms. The van der Waals surface area contributed by atoms with Gasteiger partial charge in [0, 0.05) is 45.7 Å². The minimum Gasteiger partial charge on any atom is -0.492 e. The van der Waals surface area contributed by atoms with Crippen molar-refractivity contribution < 1.29 is 13.5 Å². The van der Waals surface area contributed by atoms with Gasteiger partial charge in [-0.15, -0.1) is 0 Å². The Labute approximate surface area is 158 Å². The molecule has 3 aromatic carbocycles. The third-order valence-corrected chi connectivity index (χ3v) is 5.13. The van der Waals surface area contributed by atoms with Gasteiger partial charge < -0.3 is 25.8 Å². The summed E-state index contributed by atoms with van der Waals surface area (Å²) in [5.74, 6) is -0.0686. The second-order valence-corrected chi connectivity index (χ2v) is 6.75. The lowest BCUT2D eigenvalue weighted by Crippen LogP contribution is -2.13. The Kier molecular flexibility index (Phi) is 3.67. The van der Waals surface area contributed by atoms with E-state index in [0.717, 1.165) is 49.3 Å². The van der Waals surface area contributed by atoms with Crippen LogP contribution in [0.2, 0.25) is 0 Å². The molecule has 0 atom stereocenters. The molecule has 5 aromatic rings. The first kappa shape index (κ1) is 16.8. The molecule has 0 spiro atoms. The van der Waals surface area contributed by atoms with Gasteiger partial charge in [-0.1, -0.05) is 0 Å². The molecule has 28 heavy (non-hydrogen) atoms. The van der Waals surface area contributed by atoms with Crippen LogP contribution in [0.5, 0.6) is 5.75 Å². The average Bonchev–Trinajstić information content (AvgIpc) is 3.23. The van der Waals surface area contributed by atoms with Crippen LogP contribution < -0.4 is 15.8 Å². The largest absolute Gasteiger partial charge is 0.492 e.